The van der Waals surface area contributed by atoms with Gasteiger partial charge in [-0.1, -0.05) is 54.5 Å². The van der Waals surface area contributed by atoms with Crippen LogP contribution in [0.3, 0.4) is 0 Å². The number of hydrogen-bond donors (Lipinski definition) is 3. The molecular formula is C19H19NO4. The van der Waals surface area contributed by atoms with E-state index in [1.807, 2.05) is 30.3 Å². The fourth-order valence-electron chi connectivity index (χ4n) is 2.17. The van der Waals surface area contributed by atoms with Crippen molar-refractivity contribution in [2.75, 3.05) is 6.54 Å². The molecule has 0 saturated heterocycles. The highest BCUT2D eigenvalue weighted by Crippen LogP contribution is 2.20. The fourth-order valence-corrected chi connectivity index (χ4v) is 2.17. The first-order valence-corrected chi connectivity index (χ1v) is 7.48. The summed E-state index contributed by atoms with van der Waals surface area (Å²) in [4.78, 5) is 11.6. The van der Waals surface area contributed by atoms with E-state index in [0.717, 1.165) is 5.56 Å². The molecule has 124 valence electrons. The number of ether oxygens (including phenoxy) is 1. The van der Waals surface area contributed by atoms with Crippen molar-refractivity contribution in [3.63, 3.8) is 0 Å². The number of aliphatic hydroxyl groups excluding tert-OH is 2. The molecule has 0 aliphatic heterocycles. The van der Waals surface area contributed by atoms with Crippen LogP contribution in [0.1, 0.15) is 22.8 Å². The van der Waals surface area contributed by atoms with Gasteiger partial charge in [0.15, 0.2) is 0 Å². The predicted octanol–water partition coefficient (Wildman–Crippen LogP) is 1.99. The Kier molecular flexibility index (Phi) is 6.38. The fraction of sp³-hybridized carbons (Fsp3) is 0.211. The number of nitrogens with one attached hydrogen (secondary N) is 1. The minimum atomic E-state index is -1.20. The van der Waals surface area contributed by atoms with Gasteiger partial charge in [-0.2, -0.15) is 0 Å². The van der Waals surface area contributed by atoms with Crippen LogP contribution in [0.2, 0.25) is 0 Å². The van der Waals surface area contributed by atoms with Crippen molar-refractivity contribution < 1.29 is 19.7 Å². The Balaban J connectivity index is 1.82. The summed E-state index contributed by atoms with van der Waals surface area (Å²) in [6.07, 6.45) is 2.30. The van der Waals surface area contributed by atoms with Gasteiger partial charge >= 0.3 is 6.09 Å². The number of carbonyl (C=O) groups excluding carboxylic acids is 1. The van der Waals surface area contributed by atoms with Crippen LogP contribution in [0.15, 0.2) is 54.6 Å². The zero-order valence-corrected chi connectivity index (χ0v) is 13.1. The molecule has 0 aromatic heterocycles. The van der Waals surface area contributed by atoms with Crippen molar-refractivity contribution >= 4 is 6.09 Å². The van der Waals surface area contributed by atoms with Crippen LogP contribution < -0.4 is 5.32 Å². The number of alkyl carbamates (subject to hydrolysis) is 1. The molecular weight excluding hydrogens is 306 g/mol. The van der Waals surface area contributed by atoms with E-state index in [4.69, 9.17) is 11.2 Å². The second-order valence-corrected chi connectivity index (χ2v) is 5.19. The van der Waals surface area contributed by atoms with Crippen LogP contribution in [0.4, 0.5) is 4.79 Å². The first-order chi connectivity index (χ1) is 11.6. The van der Waals surface area contributed by atoms with Crippen LogP contribution >= 0.6 is 0 Å². The number of hydrogen-bond acceptors (Lipinski definition) is 4. The van der Waals surface area contributed by atoms with Gasteiger partial charge in [-0.05, 0) is 17.2 Å². The van der Waals surface area contributed by atoms with Crippen molar-refractivity contribution in [3.8, 4) is 12.3 Å². The average molecular weight is 325 g/mol. The normalized spacial score (nSPS) is 12.7. The maximum atomic E-state index is 11.6. The Morgan fingerprint density at radius 1 is 1.12 bits per heavy atom. The van der Waals surface area contributed by atoms with Gasteiger partial charge in [0, 0.05) is 12.1 Å². The molecule has 0 bridgehead atoms. The van der Waals surface area contributed by atoms with E-state index in [-0.39, 0.29) is 13.2 Å². The molecule has 0 saturated carbocycles. The summed E-state index contributed by atoms with van der Waals surface area (Å²) in [5.74, 6) is 2.45. The van der Waals surface area contributed by atoms with Crippen LogP contribution in [0.25, 0.3) is 0 Å². The lowest BCUT2D eigenvalue weighted by Gasteiger charge is -2.19. The van der Waals surface area contributed by atoms with Crippen molar-refractivity contribution in [2.24, 2.45) is 0 Å². The third-order valence-electron chi connectivity index (χ3n) is 3.47. The van der Waals surface area contributed by atoms with E-state index in [0.29, 0.717) is 11.1 Å². The lowest BCUT2D eigenvalue weighted by atomic mass is 9.99. The van der Waals surface area contributed by atoms with Gasteiger partial charge in [-0.25, -0.2) is 4.79 Å². The third kappa shape index (κ3) is 4.85. The first kappa shape index (κ1) is 17.5. The third-order valence-corrected chi connectivity index (χ3v) is 3.47. The monoisotopic (exact) mass is 325 g/mol. The lowest BCUT2D eigenvalue weighted by molar-refractivity contribution is 0.0182. The highest BCUT2D eigenvalue weighted by Gasteiger charge is 2.21. The van der Waals surface area contributed by atoms with Gasteiger partial charge in [-0.15, -0.1) is 6.42 Å². The predicted molar refractivity (Wildman–Crippen MR) is 90.0 cm³/mol. The number of benzene rings is 2. The molecule has 2 aromatic carbocycles. The maximum absolute atomic E-state index is 11.6. The Morgan fingerprint density at radius 2 is 1.79 bits per heavy atom. The van der Waals surface area contributed by atoms with Gasteiger partial charge in [-0.3, -0.25) is 0 Å². The van der Waals surface area contributed by atoms with Gasteiger partial charge in [0.05, 0.1) is 0 Å². The van der Waals surface area contributed by atoms with Crippen LogP contribution in [-0.2, 0) is 11.3 Å². The van der Waals surface area contributed by atoms with E-state index in [1.54, 1.807) is 24.3 Å². The molecule has 0 spiro atoms. The van der Waals surface area contributed by atoms with Crippen molar-refractivity contribution in [1.29, 1.82) is 0 Å². The Hall–Kier alpha value is -2.81. The van der Waals surface area contributed by atoms with Gasteiger partial charge in [0.2, 0.25) is 0 Å². The van der Waals surface area contributed by atoms with Crippen molar-refractivity contribution in [2.45, 2.75) is 18.8 Å². The molecule has 1 amide bonds. The van der Waals surface area contributed by atoms with E-state index in [2.05, 4.69) is 11.2 Å². The molecule has 2 rings (SSSR count). The largest absolute Gasteiger partial charge is 0.445 e. The Bertz CT molecular complexity index is 709. The zero-order chi connectivity index (χ0) is 17.4. The molecule has 0 aliphatic rings. The summed E-state index contributed by atoms with van der Waals surface area (Å²) in [5, 5.41) is 22.6. The highest BCUT2D eigenvalue weighted by molar-refractivity contribution is 5.67. The summed E-state index contributed by atoms with van der Waals surface area (Å²) in [7, 11) is 0. The van der Waals surface area contributed by atoms with Crippen LogP contribution in [0.5, 0.6) is 0 Å². The van der Waals surface area contributed by atoms with Gasteiger partial charge < -0.3 is 20.3 Å². The average Bonchev–Trinajstić information content (AvgIpc) is 2.64. The quantitative estimate of drug-likeness (QED) is 0.710. The number of aliphatic hydroxyl groups is 2. The van der Waals surface area contributed by atoms with Crippen molar-refractivity contribution in [3.05, 3.63) is 71.3 Å². The zero-order valence-electron chi connectivity index (χ0n) is 13.1. The highest BCUT2D eigenvalue weighted by atomic mass is 16.5. The molecule has 0 radical (unpaired) electrons. The van der Waals surface area contributed by atoms with E-state index < -0.39 is 18.3 Å². The number of terminal acetylenes is 1. The minimum Gasteiger partial charge on any atom is -0.445 e. The first-order valence-electron chi connectivity index (χ1n) is 7.48. The molecule has 5 nitrogen and oxygen atoms in total. The van der Waals surface area contributed by atoms with E-state index >= 15 is 0 Å². The second-order valence-electron chi connectivity index (χ2n) is 5.19. The van der Waals surface area contributed by atoms with E-state index in [1.165, 1.54) is 0 Å². The molecule has 5 heteroatoms. The molecule has 3 N–H and O–H groups in total. The van der Waals surface area contributed by atoms with Crippen LogP contribution in [0, 0.1) is 12.3 Å². The molecule has 24 heavy (non-hydrogen) atoms. The van der Waals surface area contributed by atoms with E-state index in [9.17, 15) is 15.0 Å². The smallest absolute Gasteiger partial charge is 0.407 e. The summed E-state index contributed by atoms with van der Waals surface area (Å²) in [6.45, 7) is -0.0288. The molecule has 0 heterocycles. The lowest BCUT2D eigenvalue weighted by Crippen LogP contribution is -2.36. The second kappa shape index (κ2) is 8.73. The molecule has 2 atom stereocenters. The number of carbonyl (C=O) groups is 1. The minimum absolute atomic E-state index is 0.130. The summed E-state index contributed by atoms with van der Waals surface area (Å²) in [5.41, 5.74) is 1.79. The number of rotatable bonds is 6. The van der Waals surface area contributed by atoms with Crippen LogP contribution in [-0.4, -0.2) is 29.0 Å². The van der Waals surface area contributed by atoms with Gasteiger partial charge in [0.25, 0.3) is 0 Å². The summed E-state index contributed by atoms with van der Waals surface area (Å²) >= 11 is 0. The summed E-state index contributed by atoms with van der Waals surface area (Å²) in [6, 6.07) is 16.0. The SMILES string of the molecule is C#Cc1ccccc1C(O)C(O)CNC(=O)OCc1ccccc1. The standard InChI is InChI=1S/C19H19NO4/c1-2-15-10-6-7-11-16(15)18(22)17(21)12-20-19(23)24-13-14-8-4-3-5-9-14/h1,3-11,17-18,21-22H,12-13H2,(H,20,23). The molecule has 0 aliphatic carbocycles. The number of amides is 1. The molecule has 2 aromatic rings. The Morgan fingerprint density at radius 3 is 2.50 bits per heavy atom. The molecule has 0 fully saturated rings. The molecule has 2 unspecified atom stereocenters. The Labute approximate surface area is 140 Å². The topological polar surface area (TPSA) is 78.8 Å². The van der Waals surface area contributed by atoms with Crippen molar-refractivity contribution in [1.82, 2.24) is 5.32 Å². The van der Waals surface area contributed by atoms with Gasteiger partial charge in [0.1, 0.15) is 18.8 Å². The summed E-state index contributed by atoms with van der Waals surface area (Å²) < 4.78 is 5.03. The maximum Gasteiger partial charge on any atom is 0.407 e.